The van der Waals surface area contributed by atoms with Crippen LogP contribution in [0.25, 0.3) is 0 Å². The van der Waals surface area contributed by atoms with Gasteiger partial charge in [0.2, 0.25) is 5.91 Å². The topological polar surface area (TPSA) is 84.9 Å². The van der Waals surface area contributed by atoms with E-state index in [9.17, 15) is 14.4 Å². The van der Waals surface area contributed by atoms with E-state index in [1.807, 2.05) is 30.3 Å². The Kier molecular flexibility index (Phi) is 6.60. The lowest BCUT2D eigenvalue weighted by Gasteiger charge is -2.23. The average molecular weight is 334 g/mol. The van der Waals surface area contributed by atoms with Gasteiger partial charge < -0.3 is 14.8 Å². The smallest absolute Gasteiger partial charge is 0.410 e. The van der Waals surface area contributed by atoms with E-state index in [1.54, 1.807) is 6.92 Å². The minimum atomic E-state index is -0.609. The standard InChI is InChI=1S/C17H22N2O5/c1-2-23-15(20)11-18-16(21)14-9-6-10-19(14)17(22)24-12-13-7-4-3-5-8-13/h3-5,7-8,14H,2,6,9-12H2,1H3,(H,18,21)/t14-/m0/s1. The van der Waals surface area contributed by atoms with Crippen molar-refractivity contribution in [3.05, 3.63) is 35.9 Å². The second-order valence-electron chi connectivity index (χ2n) is 5.41. The molecule has 0 spiro atoms. The van der Waals surface area contributed by atoms with Gasteiger partial charge in [0.05, 0.1) is 6.61 Å². The van der Waals surface area contributed by atoms with Gasteiger partial charge in [0, 0.05) is 6.54 Å². The highest BCUT2D eigenvalue weighted by molar-refractivity contribution is 5.88. The van der Waals surface area contributed by atoms with Crippen molar-refractivity contribution < 1.29 is 23.9 Å². The van der Waals surface area contributed by atoms with Gasteiger partial charge in [-0.25, -0.2) is 4.79 Å². The van der Waals surface area contributed by atoms with E-state index < -0.39 is 18.1 Å². The minimum absolute atomic E-state index is 0.160. The molecule has 1 aliphatic heterocycles. The van der Waals surface area contributed by atoms with Gasteiger partial charge in [-0.1, -0.05) is 30.3 Å². The van der Waals surface area contributed by atoms with Gasteiger partial charge >= 0.3 is 12.1 Å². The number of nitrogens with one attached hydrogen (secondary N) is 1. The van der Waals surface area contributed by atoms with Crippen molar-refractivity contribution in [1.82, 2.24) is 10.2 Å². The highest BCUT2D eigenvalue weighted by Crippen LogP contribution is 2.19. The van der Waals surface area contributed by atoms with Crippen molar-refractivity contribution in [2.45, 2.75) is 32.4 Å². The van der Waals surface area contributed by atoms with Crippen LogP contribution in [0.4, 0.5) is 4.79 Å². The normalized spacial score (nSPS) is 16.5. The van der Waals surface area contributed by atoms with Crippen LogP contribution in [-0.2, 0) is 25.7 Å². The van der Waals surface area contributed by atoms with Crippen LogP contribution >= 0.6 is 0 Å². The van der Waals surface area contributed by atoms with Crippen molar-refractivity contribution in [3.8, 4) is 0 Å². The van der Waals surface area contributed by atoms with Crippen molar-refractivity contribution >= 4 is 18.0 Å². The van der Waals surface area contributed by atoms with E-state index in [2.05, 4.69) is 5.32 Å². The highest BCUT2D eigenvalue weighted by Gasteiger charge is 2.35. The fourth-order valence-corrected chi connectivity index (χ4v) is 2.55. The largest absolute Gasteiger partial charge is 0.465 e. The number of carbonyl (C=O) groups excluding carboxylic acids is 3. The molecular formula is C17H22N2O5. The number of likely N-dealkylation sites (tertiary alicyclic amines) is 1. The predicted molar refractivity (Wildman–Crippen MR) is 86.0 cm³/mol. The summed E-state index contributed by atoms with van der Waals surface area (Å²) in [6, 6.07) is 8.73. The summed E-state index contributed by atoms with van der Waals surface area (Å²) in [5.74, 6) is -0.862. The fourth-order valence-electron chi connectivity index (χ4n) is 2.55. The third-order valence-corrected chi connectivity index (χ3v) is 3.71. The summed E-state index contributed by atoms with van der Waals surface area (Å²) in [4.78, 5) is 37.1. The van der Waals surface area contributed by atoms with E-state index in [1.165, 1.54) is 4.90 Å². The fraction of sp³-hybridized carbons (Fsp3) is 0.471. The van der Waals surface area contributed by atoms with Crippen LogP contribution in [0.2, 0.25) is 0 Å². The number of nitrogens with zero attached hydrogens (tertiary/aromatic N) is 1. The molecule has 0 bridgehead atoms. The second-order valence-corrected chi connectivity index (χ2v) is 5.41. The monoisotopic (exact) mass is 334 g/mol. The number of ether oxygens (including phenoxy) is 2. The van der Waals surface area contributed by atoms with Gasteiger partial charge in [-0.15, -0.1) is 0 Å². The van der Waals surface area contributed by atoms with Crippen LogP contribution in [0.3, 0.4) is 0 Å². The van der Waals surface area contributed by atoms with Gasteiger partial charge in [0.25, 0.3) is 0 Å². The molecule has 7 nitrogen and oxygen atoms in total. The van der Waals surface area contributed by atoms with E-state index in [0.717, 1.165) is 12.0 Å². The first-order valence-electron chi connectivity index (χ1n) is 8.02. The molecule has 0 radical (unpaired) electrons. The van der Waals surface area contributed by atoms with E-state index in [4.69, 9.17) is 9.47 Å². The zero-order valence-electron chi connectivity index (χ0n) is 13.7. The number of esters is 1. The number of rotatable bonds is 6. The van der Waals surface area contributed by atoms with Crippen molar-refractivity contribution in [3.63, 3.8) is 0 Å². The molecule has 2 rings (SSSR count). The minimum Gasteiger partial charge on any atom is -0.465 e. The highest BCUT2D eigenvalue weighted by atomic mass is 16.6. The molecule has 24 heavy (non-hydrogen) atoms. The lowest BCUT2D eigenvalue weighted by atomic mass is 10.2. The summed E-state index contributed by atoms with van der Waals surface area (Å²) in [6.07, 6.45) is 0.750. The third-order valence-electron chi connectivity index (χ3n) is 3.71. The van der Waals surface area contributed by atoms with E-state index in [-0.39, 0.29) is 25.7 Å². The molecular weight excluding hydrogens is 312 g/mol. The Bertz CT molecular complexity index is 576. The SMILES string of the molecule is CCOC(=O)CNC(=O)[C@@H]1CCCN1C(=O)OCc1ccccc1. The number of benzene rings is 1. The van der Waals surface area contributed by atoms with Gasteiger partial charge in [-0.3, -0.25) is 14.5 Å². The van der Waals surface area contributed by atoms with Crippen molar-refractivity contribution in [2.75, 3.05) is 19.7 Å². The Morgan fingerprint density at radius 1 is 1.21 bits per heavy atom. The first-order valence-corrected chi connectivity index (χ1v) is 8.02. The van der Waals surface area contributed by atoms with Gasteiger partial charge in [0.1, 0.15) is 19.2 Å². The van der Waals surface area contributed by atoms with E-state index in [0.29, 0.717) is 13.0 Å². The molecule has 2 amide bonds. The molecule has 1 aromatic rings. The summed E-state index contributed by atoms with van der Waals surface area (Å²) < 4.78 is 10.0. The molecule has 0 unspecified atom stereocenters. The lowest BCUT2D eigenvalue weighted by Crippen LogP contribution is -2.47. The Hall–Kier alpha value is -2.57. The quantitative estimate of drug-likeness (QED) is 0.796. The molecule has 0 aliphatic carbocycles. The number of hydrogen-bond acceptors (Lipinski definition) is 5. The van der Waals surface area contributed by atoms with Crippen LogP contribution in [0.15, 0.2) is 30.3 Å². The first-order chi connectivity index (χ1) is 11.6. The van der Waals surface area contributed by atoms with E-state index >= 15 is 0 Å². The molecule has 1 aromatic carbocycles. The van der Waals surface area contributed by atoms with Crippen LogP contribution in [0.1, 0.15) is 25.3 Å². The van der Waals surface area contributed by atoms with Gasteiger partial charge in [-0.05, 0) is 25.3 Å². The van der Waals surface area contributed by atoms with Gasteiger partial charge in [-0.2, -0.15) is 0 Å². The summed E-state index contributed by atoms with van der Waals surface area (Å²) >= 11 is 0. The summed E-state index contributed by atoms with van der Waals surface area (Å²) in [5.41, 5.74) is 0.883. The average Bonchev–Trinajstić information content (AvgIpc) is 3.08. The first kappa shape index (κ1) is 17.8. The predicted octanol–water partition coefficient (Wildman–Crippen LogP) is 1.47. The summed E-state index contributed by atoms with van der Waals surface area (Å²) in [7, 11) is 0. The molecule has 0 aromatic heterocycles. The van der Waals surface area contributed by atoms with Crippen LogP contribution < -0.4 is 5.32 Å². The number of amides is 2. The maximum absolute atomic E-state index is 12.2. The molecule has 1 aliphatic rings. The zero-order chi connectivity index (χ0) is 17.4. The Labute approximate surface area is 140 Å². The number of hydrogen-bond donors (Lipinski definition) is 1. The molecule has 1 fully saturated rings. The Morgan fingerprint density at radius 3 is 2.67 bits per heavy atom. The maximum atomic E-state index is 12.2. The van der Waals surface area contributed by atoms with Crippen LogP contribution in [0.5, 0.6) is 0 Å². The molecule has 1 atom stereocenters. The molecule has 0 saturated carbocycles. The molecule has 1 N–H and O–H groups in total. The second kappa shape index (κ2) is 8.90. The molecule has 1 saturated heterocycles. The summed E-state index contributed by atoms with van der Waals surface area (Å²) in [6.45, 7) is 2.38. The summed E-state index contributed by atoms with van der Waals surface area (Å²) in [5, 5.41) is 2.50. The van der Waals surface area contributed by atoms with Crippen LogP contribution in [-0.4, -0.2) is 48.6 Å². The van der Waals surface area contributed by atoms with Gasteiger partial charge in [0.15, 0.2) is 0 Å². The molecule has 130 valence electrons. The third kappa shape index (κ3) is 4.97. The Morgan fingerprint density at radius 2 is 1.96 bits per heavy atom. The Balaban J connectivity index is 1.83. The molecule has 1 heterocycles. The lowest BCUT2D eigenvalue weighted by molar-refractivity contribution is -0.143. The van der Waals surface area contributed by atoms with Crippen molar-refractivity contribution in [1.29, 1.82) is 0 Å². The zero-order valence-corrected chi connectivity index (χ0v) is 13.7. The number of carbonyl (C=O) groups is 3. The van der Waals surface area contributed by atoms with Crippen molar-refractivity contribution in [2.24, 2.45) is 0 Å². The van der Waals surface area contributed by atoms with Crippen LogP contribution in [0, 0.1) is 0 Å². The molecule has 7 heteroatoms. The maximum Gasteiger partial charge on any atom is 0.410 e.